The largest absolute Gasteiger partial charge is 0.339 e. The summed E-state index contributed by atoms with van der Waals surface area (Å²) < 4.78 is 0. The average molecular weight is 227 g/mol. The first kappa shape index (κ1) is 15.1. The van der Waals surface area contributed by atoms with Gasteiger partial charge in [-0.25, -0.2) is 0 Å². The lowest BCUT2D eigenvalue weighted by Gasteiger charge is -2.32. The number of rotatable bonds is 7. The standard InChI is InChI=1S/C13H25NO2/c1-6-12(7-2)14(9-10(3)4)13(16)8-11(5)15/h10,12H,6-9H2,1-5H3. The summed E-state index contributed by atoms with van der Waals surface area (Å²) in [7, 11) is 0. The summed E-state index contributed by atoms with van der Waals surface area (Å²) in [6, 6.07) is 0.272. The Morgan fingerprint density at radius 2 is 1.62 bits per heavy atom. The normalized spacial score (nSPS) is 10.9. The first-order valence-electron chi connectivity index (χ1n) is 6.21. The van der Waals surface area contributed by atoms with Crippen molar-refractivity contribution in [2.45, 2.75) is 59.9 Å². The third kappa shape index (κ3) is 5.29. The van der Waals surface area contributed by atoms with Crippen LogP contribution in [0.3, 0.4) is 0 Å². The van der Waals surface area contributed by atoms with E-state index in [0.717, 1.165) is 19.4 Å². The predicted molar refractivity (Wildman–Crippen MR) is 66.2 cm³/mol. The molecule has 0 unspecified atom stereocenters. The molecular formula is C13H25NO2. The highest BCUT2D eigenvalue weighted by Crippen LogP contribution is 2.13. The minimum atomic E-state index is -0.0512. The highest BCUT2D eigenvalue weighted by molar-refractivity contribution is 5.96. The van der Waals surface area contributed by atoms with Crippen molar-refractivity contribution in [1.29, 1.82) is 0 Å². The van der Waals surface area contributed by atoms with E-state index in [2.05, 4.69) is 27.7 Å². The molecule has 0 bridgehead atoms. The monoisotopic (exact) mass is 227 g/mol. The van der Waals surface area contributed by atoms with Crippen molar-refractivity contribution in [3.05, 3.63) is 0 Å². The Hall–Kier alpha value is -0.860. The summed E-state index contributed by atoms with van der Waals surface area (Å²) >= 11 is 0. The molecule has 0 aliphatic carbocycles. The van der Waals surface area contributed by atoms with E-state index in [-0.39, 0.29) is 24.2 Å². The van der Waals surface area contributed by atoms with Gasteiger partial charge in [-0.05, 0) is 25.7 Å². The van der Waals surface area contributed by atoms with Crippen LogP contribution >= 0.6 is 0 Å². The summed E-state index contributed by atoms with van der Waals surface area (Å²) in [6.07, 6.45) is 1.95. The third-order valence-electron chi connectivity index (χ3n) is 2.67. The molecule has 3 nitrogen and oxygen atoms in total. The molecule has 0 heterocycles. The van der Waals surface area contributed by atoms with Crippen molar-refractivity contribution in [3.8, 4) is 0 Å². The molecule has 94 valence electrons. The fraction of sp³-hybridized carbons (Fsp3) is 0.846. The highest BCUT2D eigenvalue weighted by atomic mass is 16.2. The molecule has 0 fully saturated rings. The molecule has 3 heteroatoms. The van der Waals surface area contributed by atoms with Gasteiger partial charge in [-0.3, -0.25) is 9.59 Å². The van der Waals surface area contributed by atoms with Crippen LogP contribution in [0.5, 0.6) is 0 Å². The first-order valence-corrected chi connectivity index (χ1v) is 6.21. The smallest absolute Gasteiger partial charge is 0.230 e. The van der Waals surface area contributed by atoms with E-state index in [1.165, 1.54) is 6.92 Å². The number of nitrogens with zero attached hydrogens (tertiary/aromatic N) is 1. The molecule has 1 amide bonds. The zero-order valence-electron chi connectivity index (χ0n) is 11.2. The molecule has 0 spiro atoms. The minimum absolute atomic E-state index is 0.0186. The second kappa shape index (κ2) is 7.42. The van der Waals surface area contributed by atoms with E-state index in [4.69, 9.17) is 0 Å². The van der Waals surface area contributed by atoms with Gasteiger partial charge < -0.3 is 4.90 Å². The number of carbonyl (C=O) groups excluding carboxylic acids is 2. The van der Waals surface area contributed by atoms with E-state index in [0.29, 0.717) is 5.92 Å². The summed E-state index contributed by atoms with van der Waals surface area (Å²) in [6.45, 7) is 10.6. The molecule has 0 radical (unpaired) electrons. The maximum Gasteiger partial charge on any atom is 0.230 e. The van der Waals surface area contributed by atoms with Crippen LogP contribution in [0.4, 0.5) is 0 Å². The van der Waals surface area contributed by atoms with Gasteiger partial charge in [0.15, 0.2) is 0 Å². The van der Waals surface area contributed by atoms with Gasteiger partial charge in [0, 0.05) is 12.6 Å². The lowest BCUT2D eigenvalue weighted by atomic mass is 10.1. The Labute approximate surface area is 99.2 Å². The van der Waals surface area contributed by atoms with Crippen LogP contribution in [0, 0.1) is 5.92 Å². The third-order valence-corrected chi connectivity index (χ3v) is 2.67. The van der Waals surface area contributed by atoms with Gasteiger partial charge in [-0.1, -0.05) is 27.7 Å². The minimum Gasteiger partial charge on any atom is -0.339 e. The molecule has 0 aromatic rings. The van der Waals surface area contributed by atoms with Crippen LogP contribution in [-0.4, -0.2) is 29.2 Å². The summed E-state index contributed by atoms with van der Waals surface area (Å²) in [5, 5.41) is 0. The second-order valence-electron chi connectivity index (χ2n) is 4.79. The van der Waals surface area contributed by atoms with Crippen LogP contribution in [-0.2, 0) is 9.59 Å². The zero-order chi connectivity index (χ0) is 12.7. The number of Topliss-reactive ketones (excluding diaryl/α,β-unsaturated/α-hetero) is 1. The Balaban J connectivity index is 4.63. The first-order chi connectivity index (χ1) is 7.42. The van der Waals surface area contributed by atoms with Gasteiger partial charge in [-0.2, -0.15) is 0 Å². The Kier molecular flexibility index (Phi) is 7.02. The number of carbonyl (C=O) groups is 2. The number of hydrogen-bond donors (Lipinski definition) is 0. The molecular weight excluding hydrogens is 202 g/mol. The molecule has 0 N–H and O–H groups in total. The number of amides is 1. The van der Waals surface area contributed by atoms with E-state index in [9.17, 15) is 9.59 Å². The maximum atomic E-state index is 12.0. The van der Waals surface area contributed by atoms with Gasteiger partial charge in [0.2, 0.25) is 5.91 Å². The molecule has 0 aliphatic rings. The molecule has 0 atom stereocenters. The molecule has 0 saturated carbocycles. The van der Waals surface area contributed by atoms with Crippen molar-refractivity contribution in [2.75, 3.05) is 6.54 Å². The van der Waals surface area contributed by atoms with Crippen LogP contribution in [0.2, 0.25) is 0 Å². The molecule has 0 aliphatic heterocycles. The quantitative estimate of drug-likeness (QED) is 0.627. The summed E-state index contributed by atoms with van der Waals surface area (Å²) in [4.78, 5) is 24.8. The van der Waals surface area contributed by atoms with E-state index in [1.54, 1.807) is 0 Å². The van der Waals surface area contributed by atoms with Gasteiger partial charge in [0.25, 0.3) is 0 Å². The molecule has 16 heavy (non-hydrogen) atoms. The fourth-order valence-corrected chi connectivity index (χ4v) is 1.89. The van der Waals surface area contributed by atoms with Crippen molar-refractivity contribution >= 4 is 11.7 Å². The average Bonchev–Trinajstić information content (AvgIpc) is 2.16. The van der Waals surface area contributed by atoms with Crippen LogP contribution in [0.15, 0.2) is 0 Å². The van der Waals surface area contributed by atoms with E-state index in [1.807, 2.05) is 4.90 Å². The summed E-state index contributed by atoms with van der Waals surface area (Å²) in [5.41, 5.74) is 0. The summed E-state index contributed by atoms with van der Waals surface area (Å²) in [5.74, 6) is 0.371. The predicted octanol–water partition coefficient (Wildman–Crippen LogP) is 2.64. The Morgan fingerprint density at radius 3 is 1.94 bits per heavy atom. The van der Waals surface area contributed by atoms with Crippen LogP contribution < -0.4 is 0 Å². The number of ketones is 1. The van der Waals surface area contributed by atoms with Crippen LogP contribution in [0.25, 0.3) is 0 Å². The molecule has 0 aromatic heterocycles. The van der Waals surface area contributed by atoms with Crippen molar-refractivity contribution in [2.24, 2.45) is 5.92 Å². The second-order valence-corrected chi connectivity index (χ2v) is 4.79. The lowest BCUT2D eigenvalue weighted by molar-refractivity contribution is -0.137. The van der Waals surface area contributed by atoms with Crippen molar-refractivity contribution in [1.82, 2.24) is 4.90 Å². The Morgan fingerprint density at radius 1 is 1.12 bits per heavy atom. The molecule has 0 aromatic carbocycles. The lowest BCUT2D eigenvalue weighted by Crippen LogP contribution is -2.42. The number of hydrogen-bond acceptors (Lipinski definition) is 2. The van der Waals surface area contributed by atoms with E-state index < -0.39 is 0 Å². The van der Waals surface area contributed by atoms with Gasteiger partial charge in [-0.15, -0.1) is 0 Å². The van der Waals surface area contributed by atoms with E-state index >= 15 is 0 Å². The highest BCUT2D eigenvalue weighted by Gasteiger charge is 2.22. The van der Waals surface area contributed by atoms with Gasteiger partial charge in [0.1, 0.15) is 5.78 Å². The van der Waals surface area contributed by atoms with Gasteiger partial charge in [0.05, 0.1) is 6.42 Å². The topological polar surface area (TPSA) is 37.4 Å². The zero-order valence-corrected chi connectivity index (χ0v) is 11.2. The van der Waals surface area contributed by atoms with Crippen molar-refractivity contribution in [3.63, 3.8) is 0 Å². The maximum absolute atomic E-state index is 12.0. The van der Waals surface area contributed by atoms with Crippen molar-refractivity contribution < 1.29 is 9.59 Å². The molecule has 0 rings (SSSR count). The van der Waals surface area contributed by atoms with Gasteiger partial charge >= 0.3 is 0 Å². The Bertz CT molecular complexity index is 232. The fourth-order valence-electron chi connectivity index (χ4n) is 1.89. The SMILES string of the molecule is CCC(CC)N(CC(C)C)C(=O)CC(C)=O. The molecule has 0 saturated heterocycles. The van der Waals surface area contributed by atoms with Crippen LogP contribution in [0.1, 0.15) is 53.9 Å².